The van der Waals surface area contributed by atoms with E-state index in [-0.39, 0.29) is 16.7 Å². The number of rotatable bonds is 7. The van der Waals surface area contributed by atoms with Crippen LogP contribution in [0.4, 0.5) is 0 Å². The lowest BCUT2D eigenvalue weighted by Crippen LogP contribution is -2.28. The molecule has 0 spiro atoms. The zero-order valence-electron chi connectivity index (χ0n) is 16.1. The molecule has 0 saturated heterocycles. The Kier molecular flexibility index (Phi) is 6.40. The fraction of sp³-hybridized carbons (Fsp3) is 0.381. The highest BCUT2D eigenvalue weighted by Crippen LogP contribution is 2.28. The molecule has 27 heavy (non-hydrogen) atoms. The van der Waals surface area contributed by atoms with Crippen molar-refractivity contribution in [2.45, 2.75) is 46.6 Å². The second kappa shape index (κ2) is 8.54. The van der Waals surface area contributed by atoms with Crippen LogP contribution in [0.15, 0.2) is 29.1 Å². The van der Waals surface area contributed by atoms with Crippen LogP contribution >= 0.6 is 0 Å². The number of ether oxygens (including phenoxy) is 1. The Morgan fingerprint density at radius 3 is 2.67 bits per heavy atom. The average Bonchev–Trinajstić information content (AvgIpc) is 2.62. The van der Waals surface area contributed by atoms with Crippen molar-refractivity contribution in [1.82, 2.24) is 4.57 Å². The first kappa shape index (κ1) is 20.2. The van der Waals surface area contributed by atoms with E-state index in [4.69, 9.17) is 4.74 Å². The lowest BCUT2D eigenvalue weighted by molar-refractivity contribution is 0.103. The number of unbranched alkanes of at least 4 members (excludes halogenated alkanes) is 1. The first-order chi connectivity index (χ1) is 12.8. The van der Waals surface area contributed by atoms with Gasteiger partial charge < -0.3 is 9.84 Å². The summed E-state index contributed by atoms with van der Waals surface area (Å²) in [5.41, 5.74) is -0.277. The normalized spacial score (nSPS) is 10.7. The third-order valence-electron chi connectivity index (χ3n) is 4.35. The maximum atomic E-state index is 13.1. The zero-order chi connectivity index (χ0) is 20.1. The molecule has 142 valence electrons. The van der Waals surface area contributed by atoms with E-state index >= 15 is 0 Å². The summed E-state index contributed by atoms with van der Waals surface area (Å²) in [6.45, 7) is 7.52. The number of nitriles is 1. The molecule has 1 aromatic carbocycles. The zero-order valence-corrected chi connectivity index (χ0v) is 16.1. The van der Waals surface area contributed by atoms with Crippen LogP contribution in [0, 0.1) is 18.3 Å². The molecule has 6 nitrogen and oxygen atoms in total. The third kappa shape index (κ3) is 4.03. The quantitative estimate of drug-likeness (QED) is 0.594. The van der Waals surface area contributed by atoms with Gasteiger partial charge in [0, 0.05) is 11.6 Å². The summed E-state index contributed by atoms with van der Waals surface area (Å²) >= 11 is 0. The van der Waals surface area contributed by atoms with E-state index in [0.29, 0.717) is 17.9 Å². The summed E-state index contributed by atoms with van der Waals surface area (Å²) in [7, 11) is 0. The molecule has 0 unspecified atom stereocenters. The van der Waals surface area contributed by atoms with E-state index in [1.54, 1.807) is 38.1 Å². The molecule has 2 rings (SSSR count). The van der Waals surface area contributed by atoms with Crippen LogP contribution < -0.4 is 10.3 Å². The summed E-state index contributed by atoms with van der Waals surface area (Å²) in [6, 6.07) is 8.13. The minimum Gasteiger partial charge on any atom is -0.494 e. The largest absolute Gasteiger partial charge is 0.494 e. The lowest BCUT2D eigenvalue weighted by Gasteiger charge is -2.18. The Morgan fingerprint density at radius 1 is 1.37 bits per heavy atom. The number of benzene rings is 1. The minimum absolute atomic E-state index is 0.0365. The monoisotopic (exact) mass is 368 g/mol. The Morgan fingerprint density at radius 2 is 2.07 bits per heavy atom. The van der Waals surface area contributed by atoms with Gasteiger partial charge in [-0.1, -0.05) is 25.5 Å². The topological polar surface area (TPSA) is 92.3 Å². The Labute approximate surface area is 158 Å². The number of hydrogen-bond donors (Lipinski definition) is 1. The molecule has 0 aliphatic rings. The van der Waals surface area contributed by atoms with E-state index in [0.717, 1.165) is 17.4 Å². The van der Waals surface area contributed by atoms with E-state index in [1.165, 1.54) is 6.92 Å². The van der Waals surface area contributed by atoms with Crippen LogP contribution in [0.1, 0.15) is 66.7 Å². The standard InChI is InChI=1S/C21H24N2O4/c1-5-6-10-27-16-9-7-8-15(11-16)19(24)18-14(4)17(12-22)20(25)23(13(2)3)21(18)26/h7-9,11,13,26H,5-6,10H2,1-4H3. The molecule has 0 radical (unpaired) electrons. The van der Waals surface area contributed by atoms with Crippen molar-refractivity contribution < 1.29 is 14.6 Å². The smallest absolute Gasteiger partial charge is 0.271 e. The fourth-order valence-electron chi connectivity index (χ4n) is 2.88. The van der Waals surface area contributed by atoms with Crippen LogP contribution in [0.5, 0.6) is 11.6 Å². The van der Waals surface area contributed by atoms with Gasteiger partial charge in [-0.2, -0.15) is 5.26 Å². The molecule has 0 bridgehead atoms. The van der Waals surface area contributed by atoms with Gasteiger partial charge in [0.05, 0.1) is 12.2 Å². The molecular formula is C21H24N2O4. The summed E-state index contributed by atoms with van der Waals surface area (Å²) in [4.78, 5) is 25.5. The number of aromatic nitrogens is 1. The van der Waals surface area contributed by atoms with E-state index < -0.39 is 23.3 Å². The van der Waals surface area contributed by atoms with E-state index in [9.17, 15) is 20.0 Å². The van der Waals surface area contributed by atoms with Crippen molar-refractivity contribution in [3.63, 3.8) is 0 Å². The molecule has 0 aliphatic carbocycles. The first-order valence-electron chi connectivity index (χ1n) is 8.99. The molecule has 1 aromatic heterocycles. The van der Waals surface area contributed by atoms with Crippen LogP contribution in [0.3, 0.4) is 0 Å². The molecular weight excluding hydrogens is 344 g/mol. The van der Waals surface area contributed by atoms with Gasteiger partial charge in [-0.05, 0) is 44.9 Å². The Hall–Kier alpha value is -3.07. The van der Waals surface area contributed by atoms with Gasteiger partial charge in [0.1, 0.15) is 17.4 Å². The molecule has 6 heteroatoms. The van der Waals surface area contributed by atoms with Gasteiger partial charge >= 0.3 is 0 Å². The molecule has 2 aromatic rings. The second-order valence-electron chi connectivity index (χ2n) is 6.64. The predicted octanol–water partition coefficient (Wildman–Crippen LogP) is 3.72. The number of aromatic hydroxyl groups is 1. The highest BCUT2D eigenvalue weighted by atomic mass is 16.5. The number of hydrogen-bond acceptors (Lipinski definition) is 5. The maximum Gasteiger partial charge on any atom is 0.271 e. The van der Waals surface area contributed by atoms with Gasteiger partial charge in [0.25, 0.3) is 5.56 Å². The van der Waals surface area contributed by atoms with Crippen molar-refractivity contribution in [2.75, 3.05) is 6.61 Å². The van der Waals surface area contributed by atoms with Gasteiger partial charge in [-0.25, -0.2) is 0 Å². The lowest BCUT2D eigenvalue weighted by atomic mass is 9.97. The Balaban J connectivity index is 2.57. The second-order valence-corrected chi connectivity index (χ2v) is 6.64. The van der Waals surface area contributed by atoms with Crippen LogP contribution in [-0.4, -0.2) is 22.1 Å². The predicted molar refractivity (Wildman–Crippen MR) is 102 cm³/mol. The average molecular weight is 368 g/mol. The summed E-state index contributed by atoms with van der Waals surface area (Å²) in [5.74, 6) is -0.324. The maximum absolute atomic E-state index is 13.1. The van der Waals surface area contributed by atoms with Gasteiger partial charge in [0.15, 0.2) is 5.78 Å². The molecule has 0 saturated carbocycles. The minimum atomic E-state index is -0.601. The number of pyridine rings is 1. The van der Waals surface area contributed by atoms with Crippen molar-refractivity contribution in [2.24, 2.45) is 0 Å². The molecule has 1 heterocycles. The van der Waals surface area contributed by atoms with Crippen molar-refractivity contribution in [3.05, 3.63) is 56.9 Å². The number of carbonyl (C=O) groups is 1. The fourth-order valence-corrected chi connectivity index (χ4v) is 2.88. The van der Waals surface area contributed by atoms with Gasteiger partial charge in [-0.3, -0.25) is 14.2 Å². The molecule has 0 fully saturated rings. The highest BCUT2D eigenvalue weighted by Gasteiger charge is 2.26. The summed E-state index contributed by atoms with van der Waals surface area (Å²) < 4.78 is 6.71. The van der Waals surface area contributed by atoms with Gasteiger partial charge in [-0.15, -0.1) is 0 Å². The number of nitrogens with zero attached hydrogens (tertiary/aromatic N) is 2. The number of ketones is 1. The van der Waals surface area contributed by atoms with Crippen molar-refractivity contribution in [3.8, 4) is 17.7 Å². The highest BCUT2D eigenvalue weighted by molar-refractivity contribution is 6.11. The first-order valence-corrected chi connectivity index (χ1v) is 8.99. The van der Waals surface area contributed by atoms with Gasteiger partial charge in [0.2, 0.25) is 5.88 Å². The third-order valence-corrected chi connectivity index (χ3v) is 4.35. The molecule has 0 amide bonds. The van der Waals surface area contributed by atoms with E-state index in [1.807, 2.05) is 6.07 Å². The van der Waals surface area contributed by atoms with Crippen LogP contribution in [0.25, 0.3) is 0 Å². The summed E-state index contributed by atoms with van der Waals surface area (Å²) in [6.07, 6.45) is 1.91. The van der Waals surface area contributed by atoms with Crippen molar-refractivity contribution >= 4 is 5.78 Å². The summed E-state index contributed by atoms with van der Waals surface area (Å²) in [5, 5.41) is 20.0. The molecule has 0 atom stereocenters. The van der Waals surface area contributed by atoms with Crippen molar-refractivity contribution in [1.29, 1.82) is 5.26 Å². The Bertz CT molecular complexity index is 952. The molecule has 1 N–H and O–H groups in total. The number of carbonyl (C=O) groups excluding carboxylic acids is 1. The van der Waals surface area contributed by atoms with Crippen LogP contribution in [0.2, 0.25) is 0 Å². The van der Waals surface area contributed by atoms with E-state index in [2.05, 4.69) is 6.92 Å². The molecule has 0 aliphatic heterocycles. The SMILES string of the molecule is CCCCOc1cccc(C(=O)c2c(C)c(C#N)c(=O)n(C(C)C)c2O)c1. The van der Waals surface area contributed by atoms with Crippen LogP contribution in [-0.2, 0) is 0 Å².